The summed E-state index contributed by atoms with van der Waals surface area (Å²) in [5.74, 6) is -0.479. The predicted molar refractivity (Wildman–Crippen MR) is 105 cm³/mol. The molecule has 0 aliphatic carbocycles. The molecular formula is C22H22FN3O2. The number of hydrogen-bond acceptors (Lipinski definition) is 2. The number of para-hydroxylation sites is 1. The van der Waals surface area contributed by atoms with Gasteiger partial charge in [0.2, 0.25) is 5.91 Å². The Morgan fingerprint density at radius 1 is 1.18 bits per heavy atom. The number of likely N-dealkylation sites (tertiary alicyclic amines) is 1. The molecule has 144 valence electrons. The second kappa shape index (κ2) is 7.11. The third kappa shape index (κ3) is 3.26. The van der Waals surface area contributed by atoms with Gasteiger partial charge in [0.15, 0.2) is 0 Å². The smallest absolute Gasteiger partial charge is 0.268 e. The molecule has 0 saturated carbocycles. The van der Waals surface area contributed by atoms with Crippen LogP contribution in [0.15, 0.2) is 48.5 Å². The molecule has 2 aromatic carbocycles. The van der Waals surface area contributed by atoms with Gasteiger partial charge in [0.05, 0.1) is 6.04 Å². The number of rotatable bonds is 4. The second-order valence-corrected chi connectivity index (χ2v) is 7.33. The molecule has 1 fully saturated rings. The highest BCUT2D eigenvalue weighted by Crippen LogP contribution is 2.25. The van der Waals surface area contributed by atoms with E-state index in [1.54, 1.807) is 17.0 Å². The molecule has 0 bridgehead atoms. The lowest BCUT2D eigenvalue weighted by molar-refractivity contribution is -0.128. The Morgan fingerprint density at radius 2 is 1.89 bits per heavy atom. The molecule has 0 unspecified atom stereocenters. The fourth-order valence-electron chi connectivity index (χ4n) is 3.99. The van der Waals surface area contributed by atoms with Gasteiger partial charge in [0, 0.05) is 37.5 Å². The van der Waals surface area contributed by atoms with Crippen molar-refractivity contribution in [2.45, 2.75) is 25.9 Å². The Bertz CT molecular complexity index is 1020. The fraction of sp³-hybridized carbons (Fsp3) is 0.273. The lowest BCUT2D eigenvalue weighted by atomic mass is 10.1. The van der Waals surface area contributed by atoms with E-state index in [0.717, 1.165) is 22.0 Å². The molecule has 1 N–H and O–H groups in total. The van der Waals surface area contributed by atoms with Crippen molar-refractivity contribution < 1.29 is 14.0 Å². The van der Waals surface area contributed by atoms with Gasteiger partial charge in [-0.25, -0.2) is 4.39 Å². The highest BCUT2D eigenvalue weighted by Gasteiger charge is 2.31. The van der Waals surface area contributed by atoms with Gasteiger partial charge in [0.1, 0.15) is 11.5 Å². The summed E-state index contributed by atoms with van der Waals surface area (Å²) in [6.45, 7) is 2.81. The average molecular weight is 379 g/mol. The van der Waals surface area contributed by atoms with Crippen molar-refractivity contribution in [1.82, 2.24) is 14.8 Å². The van der Waals surface area contributed by atoms with E-state index in [1.165, 1.54) is 12.1 Å². The summed E-state index contributed by atoms with van der Waals surface area (Å²) in [7, 11) is 1.88. The van der Waals surface area contributed by atoms with Crippen LogP contribution in [0.1, 0.15) is 28.0 Å². The highest BCUT2D eigenvalue weighted by atomic mass is 19.1. The molecule has 1 saturated heterocycles. The van der Waals surface area contributed by atoms with Gasteiger partial charge >= 0.3 is 0 Å². The molecule has 6 heteroatoms. The van der Waals surface area contributed by atoms with Gasteiger partial charge in [-0.1, -0.05) is 30.3 Å². The summed E-state index contributed by atoms with van der Waals surface area (Å²) in [4.78, 5) is 27.0. The molecule has 2 heterocycles. The monoisotopic (exact) mass is 379 g/mol. The van der Waals surface area contributed by atoms with Crippen LogP contribution in [0.4, 0.5) is 4.39 Å². The molecule has 3 aromatic rings. The summed E-state index contributed by atoms with van der Waals surface area (Å²) in [5.41, 5.74) is 3.42. The van der Waals surface area contributed by atoms with Crippen molar-refractivity contribution in [3.63, 3.8) is 0 Å². The van der Waals surface area contributed by atoms with Crippen molar-refractivity contribution in [2.75, 3.05) is 6.54 Å². The molecule has 1 atom stereocenters. The first-order valence-electron chi connectivity index (χ1n) is 9.31. The van der Waals surface area contributed by atoms with Gasteiger partial charge in [-0.3, -0.25) is 9.59 Å². The zero-order valence-corrected chi connectivity index (χ0v) is 15.9. The van der Waals surface area contributed by atoms with Gasteiger partial charge in [0.25, 0.3) is 5.91 Å². The second-order valence-electron chi connectivity index (χ2n) is 7.33. The number of carbonyl (C=O) groups is 2. The van der Waals surface area contributed by atoms with Crippen LogP contribution in [-0.2, 0) is 18.4 Å². The topological polar surface area (TPSA) is 54.3 Å². The van der Waals surface area contributed by atoms with E-state index in [0.29, 0.717) is 18.8 Å². The van der Waals surface area contributed by atoms with Gasteiger partial charge in [-0.05, 0) is 36.2 Å². The predicted octanol–water partition coefficient (Wildman–Crippen LogP) is 3.16. The molecule has 2 amide bonds. The van der Waals surface area contributed by atoms with Crippen LogP contribution in [0, 0.1) is 12.7 Å². The van der Waals surface area contributed by atoms with Gasteiger partial charge in [-0.15, -0.1) is 0 Å². The Kier molecular flexibility index (Phi) is 4.63. The summed E-state index contributed by atoms with van der Waals surface area (Å²) in [5, 5.41) is 4.06. The van der Waals surface area contributed by atoms with E-state index in [4.69, 9.17) is 0 Å². The van der Waals surface area contributed by atoms with Crippen LogP contribution >= 0.6 is 0 Å². The maximum atomic E-state index is 13.1. The third-order valence-electron chi connectivity index (χ3n) is 5.41. The number of nitrogens with one attached hydrogen (secondary N) is 1. The lowest BCUT2D eigenvalue weighted by Crippen LogP contribution is -2.38. The number of aromatic nitrogens is 1. The molecule has 28 heavy (non-hydrogen) atoms. The minimum Gasteiger partial charge on any atom is -0.346 e. The molecule has 1 aliphatic rings. The number of carbonyl (C=O) groups excluding carboxylic acids is 2. The first-order chi connectivity index (χ1) is 13.4. The van der Waals surface area contributed by atoms with E-state index in [-0.39, 0.29) is 30.1 Å². The fourth-order valence-corrected chi connectivity index (χ4v) is 3.99. The standard InChI is InChI=1S/C22H22FN3O2/c1-14-18-5-3-4-6-19(18)25(2)21(14)22(28)24-17-11-20(27)26(13-17)12-15-7-9-16(23)10-8-15/h3-10,17H,11-13H2,1-2H3,(H,24,28)/t17-/m1/s1. The normalized spacial score (nSPS) is 16.8. The number of hydrogen-bond donors (Lipinski definition) is 1. The van der Waals surface area contributed by atoms with Crippen molar-refractivity contribution in [1.29, 1.82) is 0 Å². The van der Waals surface area contributed by atoms with Crippen LogP contribution in [0.5, 0.6) is 0 Å². The average Bonchev–Trinajstić information content (AvgIpc) is 3.14. The van der Waals surface area contributed by atoms with Gasteiger partial charge < -0.3 is 14.8 Å². The molecule has 5 nitrogen and oxygen atoms in total. The van der Waals surface area contributed by atoms with Crippen LogP contribution in [-0.4, -0.2) is 33.9 Å². The molecule has 0 spiro atoms. The van der Waals surface area contributed by atoms with Gasteiger partial charge in [-0.2, -0.15) is 0 Å². The minimum atomic E-state index is -0.299. The number of amides is 2. The molecular weight excluding hydrogens is 357 g/mol. The summed E-state index contributed by atoms with van der Waals surface area (Å²) >= 11 is 0. The van der Waals surface area contributed by atoms with Crippen LogP contribution < -0.4 is 5.32 Å². The zero-order chi connectivity index (χ0) is 19.8. The van der Waals surface area contributed by atoms with Crippen molar-refractivity contribution in [3.8, 4) is 0 Å². The molecule has 1 aliphatic heterocycles. The Morgan fingerprint density at radius 3 is 2.61 bits per heavy atom. The number of halogens is 1. The number of fused-ring (bicyclic) bond motifs is 1. The zero-order valence-electron chi connectivity index (χ0n) is 15.9. The summed E-state index contributed by atoms with van der Waals surface area (Å²) in [6, 6.07) is 13.8. The molecule has 4 rings (SSSR count). The SMILES string of the molecule is Cc1c(C(=O)N[C@@H]2CC(=O)N(Cc3ccc(F)cc3)C2)n(C)c2ccccc12. The van der Waals surface area contributed by atoms with E-state index < -0.39 is 0 Å². The highest BCUT2D eigenvalue weighted by molar-refractivity contribution is 6.02. The maximum Gasteiger partial charge on any atom is 0.268 e. The van der Waals surface area contributed by atoms with E-state index >= 15 is 0 Å². The number of benzene rings is 2. The molecule has 1 aromatic heterocycles. The van der Waals surface area contributed by atoms with E-state index in [2.05, 4.69) is 5.32 Å². The van der Waals surface area contributed by atoms with E-state index in [9.17, 15) is 14.0 Å². The van der Waals surface area contributed by atoms with Crippen molar-refractivity contribution >= 4 is 22.7 Å². The Balaban J connectivity index is 1.47. The van der Waals surface area contributed by atoms with Crippen molar-refractivity contribution in [3.05, 3.63) is 71.2 Å². The lowest BCUT2D eigenvalue weighted by Gasteiger charge is -2.17. The first kappa shape index (κ1) is 18.2. The van der Waals surface area contributed by atoms with Crippen molar-refractivity contribution in [2.24, 2.45) is 7.05 Å². The maximum absolute atomic E-state index is 13.1. The number of aryl methyl sites for hydroxylation is 2. The van der Waals surface area contributed by atoms with Crippen LogP contribution in [0.25, 0.3) is 10.9 Å². The third-order valence-corrected chi connectivity index (χ3v) is 5.41. The quantitative estimate of drug-likeness (QED) is 0.757. The minimum absolute atomic E-state index is 0.0108. The van der Waals surface area contributed by atoms with Crippen LogP contribution in [0.3, 0.4) is 0 Å². The summed E-state index contributed by atoms with van der Waals surface area (Å²) in [6.07, 6.45) is 0.274. The Hall–Kier alpha value is -3.15. The van der Waals surface area contributed by atoms with Crippen LogP contribution in [0.2, 0.25) is 0 Å². The van der Waals surface area contributed by atoms with E-state index in [1.807, 2.05) is 42.8 Å². The number of nitrogens with zero attached hydrogens (tertiary/aromatic N) is 2. The summed E-state index contributed by atoms with van der Waals surface area (Å²) < 4.78 is 15.0. The Labute approximate surface area is 162 Å². The first-order valence-corrected chi connectivity index (χ1v) is 9.31. The molecule has 0 radical (unpaired) electrons. The largest absolute Gasteiger partial charge is 0.346 e.